The van der Waals surface area contributed by atoms with E-state index in [-0.39, 0.29) is 24.1 Å². The molecule has 0 unspecified atom stereocenters. The normalized spacial score (nSPS) is 14.8. The minimum Gasteiger partial charge on any atom is -0.338 e. The van der Waals surface area contributed by atoms with Crippen molar-refractivity contribution in [3.63, 3.8) is 0 Å². The number of nitrogens with one attached hydrogen (secondary N) is 1. The summed E-state index contributed by atoms with van der Waals surface area (Å²) in [6.45, 7) is 1.11. The molecule has 1 aromatic rings. The lowest BCUT2D eigenvalue weighted by atomic mass is 10.1. The molecule has 0 radical (unpaired) electrons. The van der Waals surface area contributed by atoms with Gasteiger partial charge < -0.3 is 10.2 Å². The number of halogens is 2. The first-order valence-electron chi connectivity index (χ1n) is 7.39. The summed E-state index contributed by atoms with van der Waals surface area (Å²) in [5.74, 6) is -0.0471. The van der Waals surface area contributed by atoms with Gasteiger partial charge in [-0.2, -0.15) is 0 Å². The molecule has 0 aromatic heterocycles. The van der Waals surface area contributed by atoms with Crippen LogP contribution in [-0.4, -0.2) is 37.0 Å². The van der Waals surface area contributed by atoms with Crippen molar-refractivity contribution in [1.82, 2.24) is 10.2 Å². The van der Waals surface area contributed by atoms with E-state index in [0.717, 1.165) is 31.4 Å². The summed E-state index contributed by atoms with van der Waals surface area (Å²) in [5.41, 5.74) is 1.08. The van der Waals surface area contributed by atoms with Crippen molar-refractivity contribution in [2.24, 2.45) is 0 Å². The monoisotopic (exact) mass is 314 g/mol. The Morgan fingerprint density at radius 1 is 1.29 bits per heavy atom. The molecule has 118 valence electrons. The first-order chi connectivity index (χ1) is 9.70. The Balaban J connectivity index is 0.00000220. The number of nitrogens with zero attached hydrogens (tertiary/aromatic N) is 1. The Bertz CT molecular complexity index is 432. The predicted molar refractivity (Wildman–Crippen MR) is 85.2 cm³/mol. The maximum absolute atomic E-state index is 12.9. The standard InChI is InChI=1S/C16H23FN2O.ClH/c1-18-12-16(20)19(15-4-2-3-5-15)11-10-13-6-8-14(17)9-7-13;/h6-9,15,18H,2-5,10-12H2,1H3;1H. The second-order valence-corrected chi connectivity index (χ2v) is 5.43. The van der Waals surface area contributed by atoms with Crippen molar-refractivity contribution in [3.8, 4) is 0 Å². The molecule has 0 heterocycles. The highest BCUT2D eigenvalue weighted by atomic mass is 35.5. The molecular weight excluding hydrogens is 291 g/mol. The van der Waals surface area contributed by atoms with E-state index in [4.69, 9.17) is 0 Å². The van der Waals surface area contributed by atoms with Crippen molar-refractivity contribution in [2.45, 2.75) is 38.1 Å². The van der Waals surface area contributed by atoms with E-state index in [1.807, 2.05) is 4.90 Å². The van der Waals surface area contributed by atoms with E-state index in [1.54, 1.807) is 19.2 Å². The van der Waals surface area contributed by atoms with Crippen LogP contribution < -0.4 is 5.32 Å². The third kappa shape index (κ3) is 5.29. The van der Waals surface area contributed by atoms with Crippen molar-refractivity contribution in [1.29, 1.82) is 0 Å². The van der Waals surface area contributed by atoms with Gasteiger partial charge in [0.25, 0.3) is 0 Å². The zero-order valence-corrected chi connectivity index (χ0v) is 13.3. The summed E-state index contributed by atoms with van der Waals surface area (Å²) in [4.78, 5) is 14.2. The van der Waals surface area contributed by atoms with Crippen LogP contribution in [0.15, 0.2) is 24.3 Å². The fraction of sp³-hybridized carbons (Fsp3) is 0.562. The SMILES string of the molecule is CNCC(=O)N(CCc1ccc(F)cc1)C1CCCC1.Cl. The summed E-state index contributed by atoms with van der Waals surface area (Å²) >= 11 is 0. The highest BCUT2D eigenvalue weighted by molar-refractivity contribution is 5.85. The van der Waals surface area contributed by atoms with Crippen LogP contribution in [0, 0.1) is 5.82 Å². The van der Waals surface area contributed by atoms with Crippen LogP contribution in [0.4, 0.5) is 4.39 Å². The minimum atomic E-state index is -0.215. The maximum Gasteiger partial charge on any atom is 0.236 e. The number of carbonyl (C=O) groups excluding carboxylic acids is 1. The van der Waals surface area contributed by atoms with Crippen LogP contribution in [0.1, 0.15) is 31.2 Å². The van der Waals surface area contributed by atoms with Gasteiger partial charge in [-0.15, -0.1) is 12.4 Å². The van der Waals surface area contributed by atoms with Gasteiger partial charge >= 0.3 is 0 Å². The molecule has 1 aromatic carbocycles. The summed E-state index contributed by atoms with van der Waals surface area (Å²) in [6.07, 6.45) is 5.43. The third-order valence-electron chi connectivity index (χ3n) is 3.97. The number of hydrogen-bond acceptors (Lipinski definition) is 2. The molecule has 1 aliphatic carbocycles. The first-order valence-corrected chi connectivity index (χ1v) is 7.39. The van der Waals surface area contributed by atoms with E-state index in [9.17, 15) is 9.18 Å². The molecule has 21 heavy (non-hydrogen) atoms. The van der Waals surface area contributed by atoms with Crippen LogP contribution >= 0.6 is 12.4 Å². The molecule has 2 rings (SSSR count). The Labute approximate surface area is 132 Å². The molecule has 0 bridgehead atoms. The number of benzene rings is 1. The van der Waals surface area contributed by atoms with Crippen LogP contribution in [-0.2, 0) is 11.2 Å². The molecule has 1 aliphatic rings. The van der Waals surface area contributed by atoms with Gasteiger partial charge in [-0.05, 0) is 44.0 Å². The quantitative estimate of drug-likeness (QED) is 0.875. The molecule has 1 amide bonds. The number of rotatable bonds is 6. The predicted octanol–water partition coefficient (Wildman–Crippen LogP) is 2.78. The summed E-state index contributed by atoms with van der Waals surface area (Å²) in [6, 6.07) is 6.93. The van der Waals surface area contributed by atoms with Gasteiger partial charge in [-0.3, -0.25) is 4.79 Å². The fourth-order valence-electron chi connectivity index (χ4n) is 2.88. The Kier molecular flexibility index (Phi) is 7.68. The third-order valence-corrected chi connectivity index (χ3v) is 3.97. The van der Waals surface area contributed by atoms with Gasteiger partial charge in [0.1, 0.15) is 5.82 Å². The van der Waals surface area contributed by atoms with Gasteiger partial charge in [-0.25, -0.2) is 4.39 Å². The lowest BCUT2D eigenvalue weighted by Gasteiger charge is -2.29. The van der Waals surface area contributed by atoms with Gasteiger partial charge in [0.2, 0.25) is 5.91 Å². The molecule has 0 saturated heterocycles. The van der Waals surface area contributed by atoms with E-state index < -0.39 is 0 Å². The Morgan fingerprint density at radius 3 is 2.48 bits per heavy atom. The van der Waals surface area contributed by atoms with Crippen LogP contribution in [0.3, 0.4) is 0 Å². The molecule has 1 fully saturated rings. The van der Waals surface area contributed by atoms with Crippen molar-refractivity contribution >= 4 is 18.3 Å². The van der Waals surface area contributed by atoms with Gasteiger partial charge in [0.15, 0.2) is 0 Å². The van der Waals surface area contributed by atoms with Crippen LogP contribution in [0.25, 0.3) is 0 Å². The molecular formula is C16H24ClFN2O. The molecule has 1 N–H and O–H groups in total. The lowest BCUT2D eigenvalue weighted by molar-refractivity contribution is -0.132. The number of likely N-dealkylation sites (N-methyl/N-ethyl adjacent to an activating group) is 1. The largest absolute Gasteiger partial charge is 0.338 e. The van der Waals surface area contributed by atoms with E-state index >= 15 is 0 Å². The highest BCUT2D eigenvalue weighted by Crippen LogP contribution is 2.23. The van der Waals surface area contributed by atoms with E-state index in [1.165, 1.54) is 25.0 Å². The van der Waals surface area contributed by atoms with E-state index in [0.29, 0.717) is 12.6 Å². The summed E-state index contributed by atoms with van der Waals surface area (Å²) < 4.78 is 12.9. The molecule has 0 atom stereocenters. The number of hydrogen-bond donors (Lipinski definition) is 1. The van der Waals surface area contributed by atoms with Crippen LogP contribution in [0.5, 0.6) is 0 Å². The second kappa shape index (κ2) is 9.00. The first kappa shape index (κ1) is 17.9. The maximum atomic E-state index is 12.9. The van der Waals surface area contributed by atoms with Crippen LogP contribution in [0.2, 0.25) is 0 Å². The molecule has 0 spiro atoms. The lowest BCUT2D eigenvalue weighted by Crippen LogP contribution is -2.44. The average molecular weight is 315 g/mol. The molecule has 1 saturated carbocycles. The highest BCUT2D eigenvalue weighted by Gasteiger charge is 2.25. The molecule has 5 heteroatoms. The van der Waals surface area contributed by atoms with Crippen molar-refractivity contribution in [3.05, 3.63) is 35.6 Å². The Hall–Kier alpha value is -1.13. The fourth-order valence-corrected chi connectivity index (χ4v) is 2.88. The van der Waals surface area contributed by atoms with Gasteiger partial charge in [-0.1, -0.05) is 25.0 Å². The Morgan fingerprint density at radius 2 is 1.90 bits per heavy atom. The zero-order valence-electron chi connectivity index (χ0n) is 12.5. The van der Waals surface area contributed by atoms with Crippen molar-refractivity contribution < 1.29 is 9.18 Å². The smallest absolute Gasteiger partial charge is 0.236 e. The van der Waals surface area contributed by atoms with Gasteiger partial charge in [0.05, 0.1) is 6.54 Å². The van der Waals surface area contributed by atoms with E-state index in [2.05, 4.69) is 5.32 Å². The topological polar surface area (TPSA) is 32.3 Å². The van der Waals surface area contributed by atoms with Crippen molar-refractivity contribution in [2.75, 3.05) is 20.1 Å². The average Bonchev–Trinajstić information content (AvgIpc) is 2.95. The summed E-state index contributed by atoms with van der Waals surface area (Å²) in [7, 11) is 1.80. The minimum absolute atomic E-state index is 0. The number of amides is 1. The summed E-state index contributed by atoms with van der Waals surface area (Å²) in [5, 5.41) is 2.94. The molecule has 0 aliphatic heterocycles. The molecule has 3 nitrogen and oxygen atoms in total. The zero-order chi connectivity index (χ0) is 14.4. The van der Waals surface area contributed by atoms with Gasteiger partial charge in [0, 0.05) is 12.6 Å². The number of carbonyl (C=O) groups is 1. The second-order valence-electron chi connectivity index (χ2n) is 5.43.